The molecule has 96 valence electrons. The van der Waals surface area contributed by atoms with E-state index >= 15 is 0 Å². The molecule has 0 aliphatic heterocycles. The zero-order valence-electron chi connectivity index (χ0n) is 11.0. The topological polar surface area (TPSA) is 23.1 Å². The Morgan fingerprint density at radius 1 is 1.11 bits per heavy atom. The molecule has 0 aromatic carbocycles. The largest absolute Gasteiger partial charge is 0.851 e. The quantitative estimate of drug-likeness (QED) is 0.599. The third kappa shape index (κ3) is 1.34. The predicted molar refractivity (Wildman–Crippen MR) is 70.5 cm³/mol. The van der Waals surface area contributed by atoms with Gasteiger partial charge in [-0.05, 0) is 25.3 Å². The van der Waals surface area contributed by atoms with Crippen LogP contribution in [0.2, 0.25) is 0 Å². The normalized spacial score (nSPS) is 49.7. The lowest BCUT2D eigenvalue weighted by molar-refractivity contribution is -0.447. The summed E-state index contributed by atoms with van der Waals surface area (Å²) in [7, 11) is 0. The molecule has 18 heavy (non-hydrogen) atoms. The van der Waals surface area contributed by atoms with Gasteiger partial charge in [-0.25, -0.2) is 0 Å². The summed E-state index contributed by atoms with van der Waals surface area (Å²) in [5.41, 5.74) is 0.159. The van der Waals surface area contributed by atoms with Crippen LogP contribution in [0.5, 0.6) is 0 Å². The Morgan fingerprint density at radius 3 is 2.78 bits per heavy atom. The standard InChI is InChI=1S/C17H22O/c18-16-8-4-10-17(16)9-3-7-14-13-6-2-1-5-12(13)11-15(14)17/h1-2,5-6,12-13,15-16H,3-4,7-11H2/t12?,13?,15?,16-,17-/m1/s1. The Kier molecular flexibility index (Phi) is 2.42. The fourth-order valence-corrected chi connectivity index (χ4v) is 5.42. The second-order valence-electron chi connectivity index (χ2n) is 6.79. The second kappa shape index (κ2) is 3.90. The highest BCUT2D eigenvalue weighted by Gasteiger charge is 2.62. The van der Waals surface area contributed by atoms with Crippen molar-refractivity contribution < 1.29 is 5.11 Å². The van der Waals surface area contributed by atoms with E-state index in [1.54, 1.807) is 5.92 Å². The van der Waals surface area contributed by atoms with E-state index in [1.807, 2.05) is 0 Å². The molecule has 1 spiro atoms. The summed E-state index contributed by atoms with van der Waals surface area (Å²) in [6.45, 7) is 0. The maximum atomic E-state index is 12.5. The first kappa shape index (κ1) is 11.2. The first-order valence-corrected chi connectivity index (χ1v) is 7.68. The molecule has 4 aliphatic rings. The molecule has 0 heterocycles. The zero-order valence-corrected chi connectivity index (χ0v) is 11.0. The molecule has 4 rings (SSSR count). The lowest BCUT2D eigenvalue weighted by Crippen LogP contribution is -2.48. The fraction of sp³-hybridized carbons (Fsp3) is 0.706. The van der Waals surface area contributed by atoms with Crippen LogP contribution in [-0.4, -0.2) is 6.10 Å². The highest BCUT2D eigenvalue weighted by atomic mass is 16.3. The van der Waals surface area contributed by atoms with E-state index in [1.165, 1.54) is 38.5 Å². The van der Waals surface area contributed by atoms with Crippen molar-refractivity contribution in [3.63, 3.8) is 0 Å². The molecule has 3 fully saturated rings. The van der Waals surface area contributed by atoms with Crippen LogP contribution in [-0.2, 0) is 0 Å². The Morgan fingerprint density at radius 2 is 1.94 bits per heavy atom. The van der Waals surface area contributed by atoms with Crippen LogP contribution < -0.4 is 5.11 Å². The first-order chi connectivity index (χ1) is 8.81. The van der Waals surface area contributed by atoms with E-state index in [0.29, 0.717) is 17.8 Å². The Labute approximate surface area is 110 Å². The highest BCUT2D eigenvalue weighted by Crippen LogP contribution is 2.63. The Bertz CT molecular complexity index is 396. The van der Waals surface area contributed by atoms with Crippen molar-refractivity contribution in [2.45, 2.75) is 51.0 Å². The number of hydrogen-bond acceptors (Lipinski definition) is 1. The van der Waals surface area contributed by atoms with Gasteiger partial charge in [-0.2, -0.15) is 0 Å². The van der Waals surface area contributed by atoms with Gasteiger partial charge in [0, 0.05) is 17.8 Å². The molecule has 3 unspecified atom stereocenters. The minimum absolute atomic E-state index is 0.159. The highest BCUT2D eigenvalue weighted by molar-refractivity contribution is 5.30. The smallest absolute Gasteiger partial charge is 0.125 e. The molecule has 4 aliphatic carbocycles. The van der Waals surface area contributed by atoms with Gasteiger partial charge in [0.2, 0.25) is 0 Å². The molecule has 3 saturated carbocycles. The van der Waals surface area contributed by atoms with E-state index in [0.717, 1.165) is 6.42 Å². The van der Waals surface area contributed by atoms with Crippen molar-refractivity contribution >= 4 is 0 Å². The molecular weight excluding hydrogens is 220 g/mol. The van der Waals surface area contributed by atoms with Gasteiger partial charge >= 0.3 is 0 Å². The lowest BCUT2D eigenvalue weighted by Gasteiger charge is -2.45. The molecular formula is C17H22O. The van der Waals surface area contributed by atoms with Crippen molar-refractivity contribution in [1.82, 2.24) is 0 Å². The van der Waals surface area contributed by atoms with Crippen molar-refractivity contribution in [2.75, 3.05) is 0 Å². The zero-order chi connectivity index (χ0) is 12.2. The van der Waals surface area contributed by atoms with Crippen LogP contribution in [0.15, 0.2) is 24.3 Å². The van der Waals surface area contributed by atoms with Crippen LogP contribution in [0.4, 0.5) is 0 Å². The van der Waals surface area contributed by atoms with Gasteiger partial charge in [0.05, 0.1) is 6.42 Å². The average molecular weight is 242 g/mol. The summed E-state index contributed by atoms with van der Waals surface area (Å²) in [5.74, 6) is 3.77. The minimum atomic E-state index is -0.272. The van der Waals surface area contributed by atoms with Crippen LogP contribution in [0, 0.1) is 29.1 Å². The van der Waals surface area contributed by atoms with Crippen LogP contribution >= 0.6 is 0 Å². The number of hydrogen-bond donors (Lipinski definition) is 0. The third-order valence-electron chi connectivity index (χ3n) is 6.18. The van der Waals surface area contributed by atoms with E-state index in [9.17, 15) is 5.11 Å². The molecule has 0 amide bonds. The van der Waals surface area contributed by atoms with Gasteiger partial charge in [-0.15, -0.1) is 6.10 Å². The van der Waals surface area contributed by atoms with Gasteiger partial charge in [0.15, 0.2) is 0 Å². The molecule has 0 bridgehead atoms. The van der Waals surface area contributed by atoms with E-state index in [2.05, 4.69) is 24.3 Å². The van der Waals surface area contributed by atoms with Crippen LogP contribution in [0.1, 0.15) is 44.9 Å². The number of allylic oxidation sites excluding steroid dienone is 4. The predicted octanol–water partition coefficient (Wildman–Crippen LogP) is 3.02. The van der Waals surface area contributed by atoms with Gasteiger partial charge < -0.3 is 5.11 Å². The van der Waals surface area contributed by atoms with E-state index < -0.39 is 0 Å². The molecule has 5 atom stereocenters. The molecule has 0 saturated heterocycles. The summed E-state index contributed by atoms with van der Waals surface area (Å²) in [5, 5.41) is 12.5. The number of rotatable bonds is 0. The summed E-state index contributed by atoms with van der Waals surface area (Å²) < 4.78 is 0. The van der Waals surface area contributed by atoms with Crippen LogP contribution in [0.3, 0.4) is 0 Å². The first-order valence-electron chi connectivity index (χ1n) is 7.68. The molecule has 1 nitrogen and oxygen atoms in total. The average Bonchev–Trinajstić information content (AvgIpc) is 2.94. The SMILES string of the molecule is [O-][C@@H]1CCC[C@@]12CCC[C+]1C3C=CC=CC3CC12. The van der Waals surface area contributed by atoms with Crippen molar-refractivity contribution in [2.24, 2.45) is 23.2 Å². The Hall–Kier alpha value is -0.690. The number of fused-ring (bicyclic) bond motifs is 4. The van der Waals surface area contributed by atoms with Gasteiger partial charge in [-0.3, -0.25) is 0 Å². The fourth-order valence-electron chi connectivity index (χ4n) is 5.42. The molecule has 0 N–H and O–H groups in total. The van der Waals surface area contributed by atoms with E-state index in [-0.39, 0.29) is 11.5 Å². The summed E-state index contributed by atoms with van der Waals surface area (Å²) in [6.07, 6.45) is 17.3. The van der Waals surface area contributed by atoms with Crippen molar-refractivity contribution in [3.8, 4) is 0 Å². The van der Waals surface area contributed by atoms with Crippen LogP contribution in [0.25, 0.3) is 0 Å². The molecule has 0 aromatic heterocycles. The van der Waals surface area contributed by atoms with Gasteiger partial charge in [0.1, 0.15) is 17.8 Å². The maximum absolute atomic E-state index is 12.5. The molecule has 0 radical (unpaired) electrons. The summed E-state index contributed by atoms with van der Waals surface area (Å²) >= 11 is 0. The third-order valence-corrected chi connectivity index (χ3v) is 6.18. The minimum Gasteiger partial charge on any atom is -0.851 e. The summed E-state index contributed by atoms with van der Waals surface area (Å²) in [6, 6.07) is 0. The second-order valence-corrected chi connectivity index (χ2v) is 6.79. The van der Waals surface area contributed by atoms with Crippen molar-refractivity contribution in [1.29, 1.82) is 0 Å². The molecule has 0 aromatic rings. The monoisotopic (exact) mass is 242 g/mol. The lowest BCUT2D eigenvalue weighted by atomic mass is 9.60. The summed E-state index contributed by atoms with van der Waals surface area (Å²) in [4.78, 5) is 0. The van der Waals surface area contributed by atoms with Gasteiger partial charge in [-0.1, -0.05) is 31.1 Å². The van der Waals surface area contributed by atoms with Gasteiger partial charge in [0.25, 0.3) is 0 Å². The molecule has 1 heteroatoms. The Balaban J connectivity index is 1.69. The van der Waals surface area contributed by atoms with E-state index in [4.69, 9.17) is 0 Å². The maximum Gasteiger partial charge on any atom is 0.125 e. The van der Waals surface area contributed by atoms with Crippen molar-refractivity contribution in [3.05, 3.63) is 30.2 Å².